The van der Waals surface area contributed by atoms with E-state index in [0.717, 1.165) is 44.2 Å². The van der Waals surface area contributed by atoms with E-state index in [1.165, 1.54) is 9.80 Å². The van der Waals surface area contributed by atoms with Gasteiger partial charge >= 0.3 is 0 Å². The lowest BCUT2D eigenvalue weighted by atomic mass is 10.2. The molecule has 0 unspecified atom stereocenters. The Morgan fingerprint density at radius 1 is 1.27 bits per heavy atom. The van der Waals surface area contributed by atoms with Gasteiger partial charge in [-0.05, 0) is 32.0 Å². The minimum absolute atomic E-state index is 0.0280. The maximum atomic E-state index is 12.6. The van der Waals surface area contributed by atoms with Crippen LogP contribution < -0.4 is 15.1 Å². The number of quaternary nitrogens is 2. The van der Waals surface area contributed by atoms with Crippen molar-refractivity contribution < 1.29 is 19.1 Å². The Hall–Kier alpha value is -1.60. The minimum Gasteiger partial charge on any atom is -0.361 e. The highest BCUT2D eigenvalue weighted by Crippen LogP contribution is 2.25. The van der Waals surface area contributed by atoms with Gasteiger partial charge in [0.25, 0.3) is 5.91 Å². The molecule has 0 radical (unpaired) electrons. The molecule has 2 aromatic rings. The third-order valence-corrected chi connectivity index (χ3v) is 5.45. The molecule has 6 nitrogen and oxygen atoms in total. The summed E-state index contributed by atoms with van der Waals surface area (Å²) in [4.78, 5) is 15.3. The summed E-state index contributed by atoms with van der Waals surface area (Å²) in [6, 6.07) is 6.92. The number of carbonyl (C=O) groups is 1. The number of aryl methyl sites for hydroxylation is 1. The van der Waals surface area contributed by atoms with Crippen LogP contribution in [0.4, 0.5) is 5.69 Å². The molecule has 1 atom stereocenters. The summed E-state index contributed by atoms with van der Waals surface area (Å²) in [5.74, 6) is 0.814. The molecule has 1 saturated heterocycles. The summed E-state index contributed by atoms with van der Waals surface area (Å²) < 4.78 is 5.13. The van der Waals surface area contributed by atoms with Gasteiger partial charge in [0.1, 0.15) is 44.2 Å². The molecular weight excluding hydrogens is 375 g/mol. The maximum absolute atomic E-state index is 12.6. The topological polar surface area (TPSA) is 64.0 Å². The first-order valence-corrected chi connectivity index (χ1v) is 9.54. The largest absolute Gasteiger partial charge is 0.361 e. The molecule has 1 aliphatic rings. The highest BCUT2D eigenvalue weighted by Gasteiger charge is 2.31. The van der Waals surface area contributed by atoms with Crippen LogP contribution in [0.5, 0.6) is 0 Å². The van der Waals surface area contributed by atoms with Crippen molar-refractivity contribution >= 4 is 34.8 Å². The first-order chi connectivity index (χ1) is 12.4. The van der Waals surface area contributed by atoms with Crippen molar-refractivity contribution in [3.63, 3.8) is 0 Å². The number of hydrogen-bond donors (Lipinski definition) is 3. The van der Waals surface area contributed by atoms with Crippen molar-refractivity contribution in [1.82, 2.24) is 5.16 Å². The van der Waals surface area contributed by atoms with Crippen LogP contribution in [0.25, 0.3) is 0 Å². The number of piperazine rings is 1. The number of nitrogens with one attached hydrogen (secondary N) is 3. The molecule has 0 saturated carbocycles. The third-order valence-electron chi connectivity index (χ3n) is 4.90. The van der Waals surface area contributed by atoms with Gasteiger partial charge in [-0.1, -0.05) is 28.4 Å². The molecule has 3 rings (SSSR count). The van der Waals surface area contributed by atoms with Crippen molar-refractivity contribution in [1.29, 1.82) is 0 Å². The number of hydrogen-bond acceptors (Lipinski definition) is 3. The van der Waals surface area contributed by atoms with E-state index in [9.17, 15) is 4.79 Å². The minimum atomic E-state index is -0.141. The second-order valence-corrected chi connectivity index (χ2v) is 7.69. The first-order valence-electron chi connectivity index (χ1n) is 8.78. The van der Waals surface area contributed by atoms with Gasteiger partial charge in [0.2, 0.25) is 0 Å². The average Bonchev–Trinajstić information content (AvgIpc) is 3.02. The quantitative estimate of drug-likeness (QED) is 0.690. The van der Waals surface area contributed by atoms with E-state index < -0.39 is 0 Å². The van der Waals surface area contributed by atoms with Crippen LogP contribution in [0.2, 0.25) is 10.0 Å². The van der Waals surface area contributed by atoms with Gasteiger partial charge in [0.15, 0.2) is 6.04 Å². The van der Waals surface area contributed by atoms with Crippen LogP contribution in [0.1, 0.15) is 18.4 Å². The maximum Gasteiger partial charge on any atom is 0.282 e. The fraction of sp³-hybridized carbons (Fsp3) is 0.444. The molecular formula is C18H24Cl2N4O2+2. The number of nitrogens with zero attached hydrogens (tertiary/aromatic N) is 1. The lowest BCUT2D eigenvalue weighted by molar-refractivity contribution is -1.02. The third kappa shape index (κ3) is 4.76. The van der Waals surface area contributed by atoms with Crippen LogP contribution >= 0.6 is 23.2 Å². The molecule has 2 heterocycles. The zero-order valence-electron chi connectivity index (χ0n) is 14.9. The van der Waals surface area contributed by atoms with Gasteiger partial charge in [-0.2, -0.15) is 0 Å². The molecule has 1 aromatic carbocycles. The van der Waals surface area contributed by atoms with Gasteiger partial charge in [-0.25, -0.2) is 0 Å². The predicted molar refractivity (Wildman–Crippen MR) is 101 cm³/mol. The van der Waals surface area contributed by atoms with E-state index >= 15 is 0 Å². The van der Waals surface area contributed by atoms with Crippen molar-refractivity contribution in [2.75, 3.05) is 31.5 Å². The van der Waals surface area contributed by atoms with Crippen LogP contribution in [0.15, 0.2) is 28.8 Å². The normalized spacial score (nSPS) is 21.4. The van der Waals surface area contributed by atoms with Gasteiger partial charge in [0, 0.05) is 11.1 Å². The second-order valence-electron chi connectivity index (χ2n) is 6.85. The number of rotatable bonds is 5. The van der Waals surface area contributed by atoms with Crippen molar-refractivity contribution in [2.45, 2.75) is 26.4 Å². The molecule has 26 heavy (non-hydrogen) atoms. The lowest BCUT2D eigenvalue weighted by Crippen LogP contribution is -3.29. The predicted octanol–water partition coefficient (Wildman–Crippen LogP) is 0.600. The Bertz CT molecular complexity index is 772. The summed E-state index contributed by atoms with van der Waals surface area (Å²) in [5.41, 5.74) is 1.59. The highest BCUT2D eigenvalue weighted by molar-refractivity contribution is 6.36. The zero-order chi connectivity index (χ0) is 18.7. The first kappa shape index (κ1) is 19.2. The standard InChI is InChI=1S/C18H22Cl2N4O2/c1-12-9-15(22-26-12)11-23-5-7-24(8-6-23)13(2)18(25)21-17-4-3-14(19)10-16(17)20/h3-4,9-10,13H,5-8,11H2,1-2H3,(H,21,25)/p+2/t13-/m1/s1. The second kappa shape index (κ2) is 8.39. The molecule has 1 aliphatic heterocycles. The highest BCUT2D eigenvalue weighted by atomic mass is 35.5. The molecule has 1 amide bonds. The van der Waals surface area contributed by atoms with E-state index in [1.807, 2.05) is 19.9 Å². The Labute approximate surface area is 163 Å². The summed E-state index contributed by atoms with van der Waals surface area (Å²) in [5, 5.41) is 7.97. The number of anilines is 1. The Morgan fingerprint density at radius 2 is 2.00 bits per heavy atom. The van der Waals surface area contributed by atoms with E-state index in [4.69, 9.17) is 27.7 Å². The van der Waals surface area contributed by atoms with Gasteiger partial charge in [-0.15, -0.1) is 0 Å². The van der Waals surface area contributed by atoms with Crippen LogP contribution in [-0.4, -0.2) is 43.3 Å². The summed E-state index contributed by atoms with van der Waals surface area (Å²) in [6.45, 7) is 8.61. The fourth-order valence-corrected chi connectivity index (χ4v) is 3.76. The Morgan fingerprint density at radius 3 is 2.62 bits per heavy atom. The number of halogens is 2. The molecule has 140 valence electrons. The molecule has 3 N–H and O–H groups in total. The van der Waals surface area contributed by atoms with Crippen LogP contribution in [0, 0.1) is 6.92 Å². The van der Waals surface area contributed by atoms with Crippen molar-refractivity contribution in [2.24, 2.45) is 0 Å². The average molecular weight is 399 g/mol. The molecule has 0 aliphatic carbocycles. The van der Waals surface area contributed by atoms with Gasteiger partial charge < -0.3 is 19.6 Å². The Balaban J connectivity index is 1.51. The summed E-state index contributed by atoms with van der Waals surface area (Å²) in [6.07, 6.45) is 0. The van der Waals surface area contributed by atoms with Crippen LogP contribution in [0.3, 0.4) is 0 Å². The van der Waals surface area contributed by atoms with Gasteiger partial charge in [0.05, 0.1) is 10.7 Å². The number of benzene rings is 1. The van der Waals surface area contributed by atoms with Crippen molar-refractivity contribution in [3.05, 3.63) is 45.8 Å². The fourth-order valence-electron chi connectivity index (χ4n) is 3.31. The lowest BCUT2D eigenvalue weighted by Gasteiger charge is -2.32. The number of amides is 1. The Kier molecular flexibility index (Phi) is 6.19. The van der Waals surface area contributed by atoms with Gasteiger partial charge in [-0.3, -0.25) is 4.79 Å². The van der Waals surface area contributed by atoms with Crippen molar-refractivity contribution in [3.8, 4) is 0 Å². The molecule has 8 heteroatoms. The molecule has 0 bridgehead atoms. The molecule has 0 spiro atoms. The van der Waals surface area contributed by atoms with E-state index in [0.29, 0.717) is 15.7 Å². The number of aromatic nitrogens is 1. The van der Waals surface area contributed by atoms with E-state index in [2.05, 4.69) is 10.5 Å². The summed E-state index contributed by atoms with van der Waals surface area (Å²) in [7, 11) is 0. The SMILES string of the molecule is Cc1cc(C[NH+]2CC[NH+]([C@H](C)C(=O)Nc3ccc(Cl)cc3Cl)CC2)no1. The summed E-state index contributed by atoms with van der Waals surface area (Å²) >= 11 is 12.0. The van der Waals surface area contributed by atoms with E-state index in [1.54, 1.807) is 18.2 Å². The molecule has 1 aromatic heterocycles. The number of carbonyl (C=O) groups excluding carboxylic acids is 1. The monoisotopic (exact) mass is 398 g/mol. The van der Waals surface area contributed by atoms with E-state index in [-0.39, 0.29) is 11.9 Å². The zero-order valence-corrected chi connectivity index (χ0v) is 16.5. The smallest absolute Gasteiger partial charge is 0.282 e. The molecule has 1 fully saturated rings. The van der Waals surface area contributed by atoms with Crippen LogP contribution in [-0.2, 0) is 11.3 Å².